The molecule has 1 fully saturated rings. The van der Waals surface area contributed by atoms with Gasteiger partial charge in [0.25, 0.3) is 5.91 Å². The van der Waals surface area contributed by atoms with E-state index in [9.17, 15) is 14.4 Å². The number of benzene rings is 1. The summed E-state index contributed by atoms with van der Waals surface area (Å²) in [5, 5.41) is 4.89. The predicted molar refractivity (Wildman–Crippen MR) is 115 cm³/mol. The second kappa shape index (κ2) is 10.3. The maximum Gasteiger partial charge on any atom is 0.308 e. The van der Waals surface area contributed by atoms with Crippen molar-refractivity contribution in [2.45, 2.75) is 19.3 Å². The second-order valence-corrected chi connectivity index (χ2v) is 7.91. The second-order valence-electron chi connectivity index (χ2n) is 7.05. The van der Waals surface area contributed by atoms with Gasteiger partial charge < -0.3 is 19.1 Å². The summed E-state index contributed by atoms with van der Waals surface area (Å²) in [5.41, 5.74) is 0.959. The Hall–Kier alpha value is -3.14. The number of likely N-dealkylation sites (tertiary alicyclic amines) is 1. The molecule has 10 heteroatoms. The molecule has 0 unspecified atom stereocenters. The van der Waals surface area contributed by atoms with Crippen molar-refractivity contribution in [2.75, 3.05) is 39.7 Å². The molecular formula is C21H25N3O6S. The number of thiazole rings is 1. The number of piperidine rings is 1. The van der Waals surface area contributed by atoms with Crippen LogP contribution < -0.4 is 14.8 Å². The maximum absolute atomic E-state index is 12.6. The van der Waals surface area contributed by atoms with Crippen LogP contribution in [0.3, 0.4) is 0 Å². The minimum atomic E-state index is -0.352. The Morgan fingerprint density at radius 2 is 1.74 bits per heavy atom. The van der Waals surface area contributed by atoms with E-state index in [0.29, 0.717) is 53.8 Å². The summed E-state index contributed by atoms with van der Waals surface area (Å²) in [4.78, 5) is 42.8. The molecule has 0 bridgehead atoms. The van der Waals surface area contributed by atoms with Gasteiger partial charge in [-0.2, -0.15) is 0 Å². The fourth-order valence-electron chi connectivity index (χ4n) is 3.35. The summed E-state index contributed by atoms with van der Waals surface area (Å²) in [7, 11) is 4.40. The van der Waals surface area contributed by atoms with E-state index in [2.05, 4.69) is 10.3 Å². The number of carbonyl (C=O) groups excluding carboxylic acids is 3. The first-order valence-electron chi connectivity index (χ1n) is 9.78. The Bertz CT molecular complexity index is 930. The van der Waals surface area contributed by atoms with Crippen LogP contribution in [0.2, 0.25) is 0 Å². The summed E-state index contributed by atoms with van der Waals surface area (Å²) in [6.45, 7) is 1.04. The number of aromatic nitrogens is 1. The van der Waals surface area contributed by atoms with Crippen LogP contribution in [0.5, 0.6) is 11.5 Å². The third kappa shape index (κ3) is 5.72. The summed E-state index contributed by atoms with van der Waals surface area (Å²) < 4.78 is 15.2. The maximum atomic E-state index is 12.6. The molecule has 9 nitrogen and oxygen atoms in total. The van der Waals surface area contributed by atoms with Crippen LogP contribution in [0.1, 0.15) is 28.9 Å². The minimum absolute atomic E-state index is 0.0518. The van der Waals surface area contributed by atoms with E-state index in [1.54, 1.807) is 28.5 Å². The molecule has 0 radical (unpaired) electrons. The number of amides is 2. The fourth-order valence-corrected chi connectivity index (χ4v) is 4.06. The van der Waals surface area contributed by atoms with E-state index >= 15 is 0 Å². The van der Waals surface area contributed by atoms with E-state index < -0.39 is 0 Å². The third-order valence-corrected chi connectivity index (χ3v) is 5.91. The highest BCUT2D eigenvalue weighted by Gasteiger charge is 2.28. The summed E-state index contributed by atoms with van der Waals surface area (Å²) in [5.74, 6) is 0.237. The van der Waals surface area contributed by atoms with Gasteiger partial charge in [0.15, 0.2) is 5.13 Å². The lowest BCUT2D eigenvalue weighted by Crippen LogP contribution is -2.41. The Morgan fingerprint density at radius 3 is 2.32 bits per heavy atom. The molecule has 31 heavy (non-hydrogen) atoms. The highest BCUT2D eigenvalue weighted by Crippen LogP contribution is 2.24. The molecule has 0 saturated carbocycles. The van der Waals surface area contributed by atoms with Crippen molar-refractivity contribution >= 4 is 34.3 Å². The van der Waals surface area contributed by atoms with E-state index in [-0.39, 0.29) is 30.1 Å². The summed E-state index contributed by atoms with van der Waals surface area (Å²) in [6, 6.07) is 4.89. The quantitative estimate of drug-likeness (QED) is 0.649. The van der Waals surface area contributed by atoms with E-state index in [1.165, 1.54) is 32.7 Å². The number of nitrogens with one attached hydrogen (secondary N) is 1. The smallest absolute Gasteiger partial charge is 0.308 e. The number of hydrogen-bond acceptors (Lipinski definition) is 8. The molecule has 0 atom stereocenters. The van der Waals surface area contributed by atoms with Crippen molar-refractivity contribution < 1.29 is 28.6 Å². The number of nitrogens with zero attached hydrogens (tertiary/aromatic N) is 2. The van der Waals surface area contributed by atoms with Crippen molar-refractivity contribution in [3.8, 4) is 11.5 Å². The van der Waals surface area contributed by atoms with E-state index in [4.69, 9.17) is 14.2 Å². The molecule has 2 amide bonds. The zero-order chi connectivity index (χ0) is 22.4. The molecule has 0 aliphatic carbocycles. The van der Waals surface area contributed by atoms with Gasteiger partial charge >= 0.3 is 5.97 Å². The van der Waals surface area contributed by atoms with Crippen molar-refractivity contribution in [3.63, 3.8) is 0 Å². The van der Waals surface area contributed by atoms with Crippen molar-refractivity contribution in [3.05, 3.63) is 34.8 Å². The molecular weight excluding hydrogens is 422 g/mol. The fraction of sp³-hybridized carbons (Fsp3) is 0.429. The Balaban J connectivity index is 1.56. The van der Waals surface area contributed by atoms with Crippen LogP contribution in [0.25, 0.3) is 0 Å². The SMILES string of the molecule is COC(=O)C1CCN(C(=O)Cc2csc(NC(=O)c3cc(OC)cc(OC)c3)n2)CC1. The number of hydrogen-bond donors (Lipinski definition) is 1. The van der Waals surface area contributed by atoms with Crippen LogP contribution in [0.15, 0.2) is 23.6 Å². The summed E-state index contributed by atoms with van der Waals surface area (Å²) >= 11 is 1.25. The Kier molecular flexibility index (Phi) is 7.45. The molecule has 2 heterocycles. The first-order valence-corrected chi connectivity index (χ1v) is 10.7. The lowest BCUT2D eigenvalue weighted by Gasteiger charge is -2.30. The van der Waals surface area contributed by atoms with Gasteiger partial charge in [0.2, 0.25) is 5.91 Å². The van der Waals surface area contributed by atoms with Gasteiger partial charge in [-0.25, -0.2) is 4.98 Å². The van der Waals surface area contributed by atoms with E-state index in [0.717, 1.165) is 0 Å². The molecule has 1 aromatic carbocycles. The molecule has 1 N–H and O–H groups in total. The number of esters is 1. The van der Waals surface area contributed by atoms with Gasteiger partial charge in [-0.15, -0.1) is 11.3 Å². The van der Waals surface area contributed by atoms with Crippen molar-refractivity contribution in [1.29, 1.82) is 0 Å². The number of ether oxygens (including phenoxy) is 3. The van der Waals surface area contributed by atoms with Crippen LogP contribution in [0, 0.1) is 5.92 Å². The normalized spacial score (nSPS) is 14.1. The number of carbonyl (C=O) groups is 3. The molecule has 1 aliphatic heterocycles. The molecule has 0 spiro atoms. The van der Waals surface area contributed by atoms with Gasteiger partial charge in [-0.3, -0.25) is 19.7 Å². The average molecular weight is 448 g/mol. The predicted octanol–water partition coefficient (Wildman–Crippen LogP) is 2.37. The zero-order valence-corrected chi connectivity index (χ0v) is 18.5. The third-order valence-electron chi connectivity index (χ3n) is 5.10. The molecule has 1 aromatic heterocycles. The minimum Gasteiger partial charge on any atom is -0.497 e. The first kappa shape index (κ1) is 22.5. The van der Waals surface area contributed by atoms with Gasteiger partial charge in [-0.05, 0) is 25.0 Å². The van der Waals surface area contributed by atoms with Crippen molar-refractivity contribution in [2.24, 2.45) is 5.92 Å². The molecule has 166 valence electrons. The van der Waals surface area contributed by atoms with E-state index in [1.807, 2.05) is 0 Å². The highest BCUT2D eigenvalue weighted by atomic mass is 32.1. The van der Waals surface area contributed by atoms with Crippen LogP contribution in [-0.4, -0.2) is 62.1 Å². The summed E-state index contributed by atoms with van der Waals surface area (Å²) in [6.07, 6.45) is 1.34. The van der Waals surface area contributed by atoms with Crippen LogP contribution in [-0.2, 0) is 20.7 Å². The van der Waals surface area contributed by atoms with Gasteiger partial charge in [-0.1, -0.05) is 0 Å². The number of anilines is 1. The Labute approximate surface area is 184 Å². The number of rotatable bonds is 7. The van der Waals surface area contributed by atoms with Crippen LogP contribution >= 0.6 is 11.3 Å². The lowest BCUT2D eigenvalue weighted by atomic mass is 9.97. The lowest BCUT2D eigenvalue weighted by molar-refractivity contribution is -0.148. The number of methoxy groups -OCH3 is 3. The first-order chi connectivity index (χ1) is 14.9. The Morgan fingerprint density at radius 1 is 1.10 bits per heavy atom. The molecule has 1 saturated heterocycles. The van der Waals surface area contributed by atoms with Crippen LogP contribution in [0.4, 0.5) is 5.13 Å². The largest absolute Gasteiger partial charge is 0.497 e. The standard InChI is InChI=1S/C21H25N3O6S/c1-28-16-8-14(9-17(11-16)29-2)19(26)23-21-22-15(12-31-21)10-18(25)24-6-4-13(5-7-24)20(27)30-3/h8-9,11-13H,4-7,10H2,1-3H3,(H,22,23,26). The van der Waals surface area contributed by atoms with Crippen molar-refractivity contribution in [1.82, 2.24) is 9.88 Å². The highest BCUT2D eigenvalue weighted by molar-refractivity contribution is 7.14. The zero-order valence-electron chi connectivity index (χ0n) is 17.7. The molecule has 2 aromatic rings. The average Bonchev–Trinajstić information content (AvgIpc) is 3.24. The van der Waals surface area contributed by atoms with Gasteiger partial charge in [0.05, 0.1) is 39.4 Å². The topological polar surface area (TPSA) is 107 Å². The van der Waals surface area contributed by atoms with Gasteiger partial charge in [0.1, 0.15) is 11.5 Å². The monoisotopic (exact) mass is 447 g/mol. The van der Waals surface area contributed by atoms with Gasteiger partial charge in [0, 0.05) is 30.1 Å². The molecule has 3 rings (SSSR count). The molecule has 1 aliphatic rings.